The minimum absolute atomic E-state index is 0.0360. The fraction of sp³-hybridized carbons (Fsp3) is 0.640. The lowest BCUT2D eigenvalue weighted by atomic mass is 9.90. The summed E-state index contributed by atoms with van der Waals surface area (Å²) >= 11 is 3.46. The normalized spacial score (nSPS) is 12.8. The molecule has 1 aliphatic rings. The molecule has 36 heteroatoms. The number of hydrogen-bond donors (Lipinski definition) is 0. The lowest BCUT2D eigenvalue weighted by Gasteiger charge is -2.25. The highest BCUT2D eigenvalue weighted by Gasteiger charge is 2.32. The number of carbonyl (C=O) groups excluding carboxylic acids is 1. The number of halogens is 6. The van der Waals surface area contributed by atoms with Crippen molar-refractivity contribution >= 4 is 28.6 Å². The highest BCUT2D eigenvalue weighted by molar-refractivity contribution is 7.11. The maximum absolute atomic E-state index is 12.7. The van der Waals surface area contributed by atoms with Gasteiger partial charge in [0.25, 0.3) is 17.8 Å². The van der Waals surface area contributed by atoms with Crippen LogP contribution in [0.2, 0.25) is 0 Å². The van der Waals surface area contributed by atoms with Gasteiger partial charge in [-0.3, -0.25) is 14.5 Å². The van der Waals surface area contributed by atoms with E-state index >= 15 is 0 Å². The Balaban J connectivity index is 0.000000540. The smallest absolute Gasteiger partial charge is 0.300 e. The van der Waals surface area contributed by atoms with Gasteiger partial charge >= 0.3 is 6.43 Å². The van der Waals surface area contributed by atoms with Crippen LogP contribution in [0.5, 0.6) is 0 Å². The van der Waals surface area contributed by atoms with Crippen molar-refractivity contribution in [3.05, 3.63) is 228 Å². The molecule has 14 heterocycles. The molecule has 0 aliphatic carbocycles. The fourth-order valence-electron chi connectivity index (χ4n) is 11.0. The Kier molecular flexibility index (Phi) is 50.2. The Hall–Kier alpha value is -10.6. The zero-order valence-electron chi connectivity index (χ0n) is 97.6. The van der Waals surface area contributed by atoms with E-state index in [2.05, 4.69) is 286 Å². The molecule has 13 aromatic heterocycles. The first-order valence-electron chi connectivity index (χ1n) is 49.6. The van der Waals surface area contributed by atoms with Gasteiger partial charge in [0.2, 0.25) is 17.6 Å². The summed E-state index contributed by atoms with van der Waals surface area (Å²) in [7, 11) is 1.83. The maximum atomic E-state index is 12.7. The van der Waals surface area contributed by atoms with Gasteiger partial charge in [0.1, 0.15) is 57.4 Å². The molecule has 13 aromatic rings. The molecule has 14 rings (SSSR count). The Morgan fingerprint density at radius 1 is 0.469 bits per heavy atom. The van der Waals surface area contributed by atoms with E-state index in [9.17, 15) is 31.1 Å². The molecule has 1 fully saturated rings. The van der Waals surface area contributed by atoms with E-state index in [4.69, 9.17) is 36.0 Å². The van der Waals surface area contributed by atoms with Crippen molar-refractivity contribution in [3.63, 3.8) is 0 Å². The summed E-state index contributed by atoms with van der Waals surface area (Å²) in [6, 6.07) is 14.1. The Morgan fingerprint density at radius 2 is 1.01 bits per heavy atom. The summed E-state index contributed by atoms with van der Waals surface area (Å²) in [6.45, 7) is 96.6. The maximum Gasteiger partial charge on any atom is 0.300 e. The number of hydrogen-bond acceptors (Lipinski definition) is 27. The SMILES string of the molecule is CC(C)(C)c1cc(C(=O)N2CCOCC2)no1.CC(C)(C)c1cnco1.CC(C)(C)c1nc(C(F)F)no1.CC(F)(F)Cc1noc(C(C)(C)C)n1.CC(F)(F)Cn1cc(C(C)(C)C)cn1.CCc1cc(C(C)(C)C)on1.Cc1cc(C(C)C)ccn1.Cc1ccc(C(C)(C)C)o1.Cc1coc(C(C)(C)C)c1.Cc1coc(C(C)(C)C)n1.Cc1ncc(C(C)(C)C)s1.Cc1nnc(C(C)(C)C)s1.Cn1ncc(C(C)(C)C)n1. The number of thiazole rings is 1. The lowest BCUT2D eigenvalue weighted by molar-refractivity contribution is 0.000483. The van der Waals surface area contributed by atoms with E-state index in [0.29, 0.717) is 43.8 Å². The molecule has 147 heavy (non-hydrogen) atoms. The van der Waals surface area contributed by atoms with E-state index in [1.807, 2.05) is 162 Å². The van der Waals surface area contributed by atoms with Crippen LogP contribution in [0.25, 0.3) is 0 Å². The number of aromatic nitrogens is 17. The fourth-order valence-corrected chi connectivity index (χ4v) is 12.6. The molecule has 0 saturated carbocycles. The zero-order valence-corrected chi connectivity index (χ0v) is 99.2. The Labute approximate surface area is 880 Å². The van der Waals surface area contributed by atoms with Crippen molar-refractivity contribution in [3.8, 4) is 0 Å². The van der Waals surface area contributed by atoms with Gasteiger partial charge in [-0.1, -0.05) is 291 Å². The van der Waals surface area contributed by atoms with E-state index in [0.717, 1.165) is 104 Å². The van der Waals surface area contributed by atoms with Crippen LogP contribution in [0.15, 0.2) is 134 Å². The van der Waals surface area contributed by atoms with E-state index in [1.165, 1.54) is 27.1 Å². The zero-order chi connectivity index (χ0) is 113. The molecule has 0 spiro atoms. The highest BCUT2D eigenvalue weighted by Crippen LogP contribution is 2.34. The molecule has 0 bridgehead atoms. The predicted molar refractivity (Wildman–Crippen MR) is 574 cm³/mol. The number of rotatable bonds is 8. The van der Waals surface area contributed by atoms with Gasteiger partial charge < -0.3 is 45.4 Å². The van der Waals surface area contributed by atoms with Crippen molar-refractivity contribution in [2.24, 2.45) is 7.05 Å². The van der Waals surface area contributed by atoms with Crippen LogP contribution in [0.4, 0.5) is 26.3 Å². The monoisotopic (exact) mass is 2100 g/mol. The number of alkyl halides is 6. The molecular weight excluding hydrogens is 1920 g/mol. The van der Waals surface area contributed by atoms with Crippen LogP contribution < -0.4 is 0 Å². The Bertz CT molecular complexity index is 5400. The molecule has 824 valence electrons. The minimum Gasteiger partial charge on any atom is -0.469 e. The van der Waals surface area contributed by atoms with Crippen molar-refractivity contribution in [1.82, 2.24) is 90.4 Å². The van der Waals surface area contributed by atoms with E-state index < -0.39 is 30.5 Å². The second-order valence-electron chi connectivity index (χ2n) is 49.1. The van der Waals surface area contributed by atoms with Crippen molar-refractivity contribution in [1.29, 1.82) is 0 Å². The number of carbonyl (C=O) groups is 1. The van der Waals surface area contributed by atoms with Gasteiger partial charge in [-0.25, -0.2) is 41.3 Å². The molecule has 28 nitrogen and oxygen atoms in total. The van der Waals surface area contributed by atoms with Gasteiger partial charge in [-0.05, 0) is 119 Å². The standard InChI is InChI=1S/C12H18N2O3.C10H16F2N2.C9H14F2N2O.C9H15NO.C9H13N.2C9H14O.C8H13NO.C8H13NS.C7H10F2N2O.C7H13N3.C7H12N2S.C7H11NO/c1-12(2,3)10-8-9(13-17-10)11(15)14-4-6-16-7-5-14;1-9(2,3)8-5-13-14(6-8)7-10(4,11)12;1-8(2,3)7-12-6(13-14-7)5-9(4,10)11;1-5-7-6-8(11-10-7)9(2,3)4;1-7(2)9-4-5-10-8(3)6-9;1-7-5-8(10-6-7)9(2,3)4;1-7-5-6-8(10-7)9(2,3)4;1-6-5-10-7(9-6)8(2,3)4;1-6-9-5-7(10-6)8(2,3)4;1-7(2,3)6-10-5(4(8)9)11-12-6;1-7(2,3)6-5-8-10(4)9-6;1-5-8-9-6(10-5)7(2,3)4;1-7(2,3)6-4-8-5-9-6/h8H,4-7H2,1-3H3;5-6H,7H2,1-4H3;5H2,1-4H3;6H,5H2,1-4H3;4-7H,1-3H3;2*5-6H,1-4H3;2*5H,1-4H3;4H,1-3H3;5H,1-4H3;1-4H3;4-5H,1-3H3. The number of aryl methyl sites for hydroxylation is 8. The molecule has 1 amide bonds. The molecule has 0 radical (unpaired) electrons. The number of oxazole rings is 2. The number of morpholine rings is 1. The van der Waals surface area contributed by atoms with Crippen LogP contribution in [0, 0.1) is 41.5 Å². The molecule has 1 saturated heterocycles. The topological polar surface area (TPSA) is 338 Å². The van der Waals surface area contributed by atoms with Crippen LogP contribution in [-0.4, -0.2) is 134 Å². The third-order valence-electron chi connectivity index (χ3n) is 20.1. The average Bonchev–Trinajstić information content (AvgIpc) is 1.69. The van der Waals surface area contributed by atoms with Crippen LogP contribution in [0.1, 0.15) is 430 Å². The number of nitrogens with zero attached hydrogens (tertiary/aromatic N) is 18. The lowest BCUT2D eigenvalue weighted by Crippen LogP contribution is -2.40. The van der Waals surface area contributed by atoms with Gasteiger partial charge in [0, 0.05) is 123 Å². The second kappa shape index (κ2) is 55.8. The first-order chi connectivity index (χ1) is 66.6. The third-order valence-corrected chi connectivity index (χ3v) is 22.7. The molecular formula is C111H176F6N18O10S2. The van der Waals surface area contributed by atoms with Gasteiger partial charge in [0.05, 0.1) is 66.6 Å². The summed E-state index contributed by atoms with van der Waals surface area (Å²) in [4.78, 5) is 40.6. The predicted octanol–water partition coefficient (Wildman–Crippen LogP) is 30.2. The van der Waals surface area contributed by atoms with Gasteiger partial charge in [-0.15, -0.1) is 32.9 Å². The number of amides is 1. The highest BCUT2D eigenvalue weighted by atomic mass is 32.1. The minimum atomic E-state index is -2.79. The average molecular weight is 2100 g/mol. The summed E-state index contributed by atoms with van der Waals surface area (Å²) in [5.74, 6) is 1.72. The van der Waals surface area contributed by atoms with E-state index in [1.54, 1.807) is 75.8 Å². The van der Waals surface area contributed by atoms with Crippen LogP contribution in [0.3, 0.4) is 0 Å². The van der Waals surface area contributed by atoms with Crippen molar-refractivity contribution < 1.29 is 71.6 Å². The van der Waals surface area contributed by atoms with Crippen molar-refractivity contribution in [2.45, 2.75) is 434 Å². The Morgan fingerprint density at radius 3 is 1.31 bits per heavy atom. The van der Waals surface area contributed by atoms with Crippen LogP contribution in [-0.2, 0) is 96.2 Å². The van der Waals surface area contributed by atoms with Crippen molar-refractivity contribution in [2.75, 3.05) is 26.3 Å². The third kappa shape index (κ3) is 52.9. The largest absolute Gasteiger partial charge is 0.469 e. The summed E-state index contributed by atoms with van der Waals surface area (Å²) in [6.07, 6.45) is 13.5. The first-order valence-corrected chi connectivity index (χ1v) is 51.2. The number of pyridine rings is 1. The molecule has 1 aliphatic heterocycles. The quantitative estimate of drug-likeness (QED) is 0.128. The number of furan rings is 2. The molecule has 0 N–H and O–H groups in total. The summed E-state index contributed by atoms with van der Waals surface area (Å²) in [5, 5.41) is 37.8. The summed E-state index contributed by atoms with van der Waals surface area (Å²) < 4.78 is 122. The molecule has 0 aromatic carbocycles. The molecule has 0 atom stereocenters. The first kappa shape index (κ1) is 132. The van der Waals surface area contributed by atoms with Gasteiger partial charge in [-0.2, -0.15) is 30.1 Å². The van der Waals surface area contributed by atoms with Gasteiger partial charge in [0.15, 0.2) is 23.8 Å². The van der Waals surface area contributed by atoms with Crippen LogP contribution >= 0.6 is 22.7 Å². The summed E-state index contributed by atoms with van der Waals surface area (Å²) in [5.41, 5.74) is 8.27. The van der Waals surface area contributed by atoms with E-state index in [-0.39, 0.29) is 89.1 Å². The number of ether oxygens (including phenoxy) is 1. The second-order valence-corrected chi connectivity index (χ2v) is 51.5. The molecule has 0 unspecified atom stereocenters.